The average molecular weight is 219 g/mol. The van der Waals surface area contributed by atoms with Crippen LogP contribution in [0.5, 0.6) is 0 Å². The van der Waals surface area contributed by atoms with Crippen LogP contribution in [0.25, 0.3) is 0 Å². The Hall–Kier alpha value is -0.985. The van der Waals surface area contributed by atoms with Crippen LogP contribution in [0.15, 0.2) is 22.6 Å². The second-order valence-electron chi connectivity index (χ2n) is 4.26. The van der Waals surface area contributed by atoms with Crippen LogP contribution in [0.2, 0.25) is 0 Å². The van der Waals surface area contributed by atoms with E-state index in [0.717, 1.165) is 44.1 Å². The normalized spacial score (nSPS) is 15.0. The molecule has 1 aliphatic rings. The van der Waals surface area contributed by atoms with Crippen molar-refractivity contribution in [3.05, 3.63) is 22.6 Å². The van der Waals surface area contributed by atoms with Gasteiger partial charge in [-0.2, -0.15) is 0 Å². The highest BCUT2D eigenvalue weighted by Crippen LogP contribution is 2.29. The van der Waals surface area contributed by atoms with Gasteiger partial charge in [0.15, 0.2) is 7.28 Å². The summed E-state index contributed by atoms with van der Waals surface area (Å²) in [6, 6.07) is 0. The van der Waals surface area contributed by atoms with Gasteiger partial charge in [0.25, 0.3) is 0 Å². The van der Waals surface area contributed by atoms with Crippen molar-refractivity contribution >= 4 is 13.2 Å². The molecule has 1 radical (unpaired) electrons. The van der Waals surface area contributed by atoms with Crippen molar-refractivity contribution in [1.29, 1.82) is 0 Å². The summed E-state index contributed by atoms with van der Waals surface area (Å²) >= 11 is 0. The number of allylic oxidation sites excluding steroid dienone is 2. The molecule has 0 saturated carbocycles. The standard InChI is InChI=1S/C13H20BO2/c1-3-5-7-10-9-14-12(13(15)16)11(10)8-6-4-2/h9H,3-8H2,1-2H3,(H,15,16). The molecule has 0 atom stereocenters. The van der Waals surface area contributed by atoms with Gasteiger partial charge in [-0.3, -0.25) is 0 Å². The summed E-state index contributed by atoms with van der Waals surface area (Å²) in [6.07, 6.45) is 6.40. The predicted octanol–water partition coefficient (Wildman–Crippen LogP) is 3.31. The lowest BCUT2D eigenvalue weighted by Crippen LogP contribution is -2.06. The van der Waals surface area contributed by atoms with Crippen molar-refractivity contribution in [1.82, 2.24) is 0 Å². The molecule has 0 amide bonds. The second-order valence-corrected chi connectivity index (χ2v) is 4.26. The molecule has 1 heterocycles. The van der Waals surface area contributed by atoms with E-state index in [4.69, 9.17) is 5.11 Å². The first-order chi connectivity index (χ1) is 7.70. The Morgan fingerprint density at radius 2 is 1.88 bits per heavy atom. The molecule has 0 aromatic rings. The fourth-order valence-corrected chi connectivity index (χ4v) is 2.01. The number of aliphatic carboxylic acids is 1. The van der Waals surface area contributed by atoms with E-state index in [-0.39, 0.29) is 0 Å². The lowest BCUT2D eigenvalue weighted by molar-refractivity contribution is -0.131. The van der Waals surface area contributed by atoms with Crippen LogP contribution in [0.4, 0.5) is 0 Å². The molecule has 0 fully saturated rings. The molecule has 0 aliphatic carbocycles. The molecule has 0 bridgehead atoms. The molecular weight excluding hydrogens is 199 g/mol. The Morgan fingerprint density at radius 1 is 1.25 bits per heavy atom. The maximum atomic E-state index is 11.1. The minimum absolute atomic E-state index is 0.513. The van der Waals surface area contributed by atoms with Gasteiger partial charge in [0.2, 0.25) is 0 Å². The van der Waals surface area contributed by atoms with Gasteiger partial charge < -0.3 is 5.11 Å². The van der Waals surface area contributed by atoms with E-state index in [1.165, 1.54) is 5.57 Å². The molecule has 1 N–H and O–H groups in total. The predicted molar refractivity (Wildman–Crippen MR) is 67.5 cm³/mol. The highest BCUT2D eigenvalue weighted by atomic mass is 16.4. The zero-order valence-electron chi connectivity index (χ0n) is 10.3. The van der Waals surface area contributed by atoms with E-state index >= 15 is 0 Å². The van der Waals surface area contributed by atoms with Crippen LogP contribution in [0.3, 0.4) is 0 Å². The van der Waals surface area contributed by atoms with Crippen LogP contribution in [-0.2, 0) is 4.79 Å². The SMILES string of the molecule is CCCCC1=C[B]C(C(=O)O)=C1CCCC. The van der Waals surface area contributed by atoms with E-state index in [9.17, 15) is 4.79 Å². The van der Waals surface area contributed by atoms with E-state index in [1.807, 2.05) is 5.98 Å². The van der Waals surface area contributed by atoms with Gasteiger partial charge in [-0.1, -0.05) is 32.3 Å². The topological polar surface area (TPSA) is 37.3 Å². The maximum Gasteiger partial charge on any atom is 0.322 e. The fourth-order valence-electron chi connectivity index (χ4n) is 2.01. The van der Waals surface area contributed by atoms with Gasteiger partial charge in [-0.05, 0) is 31.3 Å². The lowest BCUT2D eigenvalue weighted by Gasteiger charge is -2.10. The van der Waals surface area contributed by atoms with E-state index in [1.54, 1.807) is 7.28 Å². The first kappa shape index (κ1) is 13.1. The van der Waals surface area contributed by atoms with Crippen LogP contribution in [-0.4, -0.2) is 18.4 Å². The van der Waals surface area contributed by atoms with Crippen molar-refractivity contribution in [2.45, 2.75) is 52.4 Å². The van der Waals surface area contributed by atoms with Crippen molar-refractivity contribution in [2.75, 3.05) is 0 Å². The smallest absolute Gasteiger partial charge is 0.322 e. The fraction of sp³-hybridized carbons (Fsp3) is 0.615. The zero-order chi connectivity index (χ0) is 12.0. The molecule has 2 nitrogen and oxygen atoms in total. The molecule has 16 heavy (non-hydrogen) atoms. The Balaban J connectivity index is 2.73. The summed E-state index contributed by atoms with van der Waals surface area (Å²) in [4.78, 5) is 11.1. The van der Waals surface area contributed by atoms with Crippen molar-refractivity contribution in [2.24, 2.45) is 0 Å². The van der Waals surface area contributed by atoms with E-state index in [2.05, 4.69) is 13.8 Å². The first-order valence-corrected chi connectivity index (χ1v) is 6.21. The minimum Gasteiger partial charge on any atom is -0.478 e. The average Bonchev–Trinajstić information content (AvgIpc) is 2.66. The van der Waals surface area contributed by atoms with Gasteiger partial charge in [0, 0.05) is 5.47 Å². The van der Waals surface area contributed by atoms with E-state index in [0.29, 0.717) is 5.47 Å². The highest BCUT2D eigenvalue weighted by molar-refractivity contribution is 6.60. The molecule has 0 aromatic carbocycles. The summed E-state index contributed by atoms with van der Waals surface area (Å²) in [6.45, 7) is 4.29. The molecule has 1 rings (SSSR count). The van der Waals surface area contributed by atoms with Gasteiger partial charge in [-0.25, -0.2) is 4.79 Å². The van der Waals surface area contributed by atoms with Crippen LogP contribution < -0.4 is 0 Å². The third-order valence-electron chi connectivity index (χ3n) is 2.97. The Labute approximate surface area is 98.7 Å². The summed E-state index contributed by atoms with van der Waals surface area (Å²) in [5.41, 5.74) is 2.83. The molecule has 0 spiro atoms. The lowest BCUT2D eigenvalue weighted by atomic mass is 9.72. The Bertz CT molecular complexity index is 316. The molecule has 0 saturated heterocycles. The monoisotopic (exact) mass is 219 g/mol. The number of carbonyl (C=O) groups is 1. The number of rotatable bonds is 7. The molecule has 3 heteroatoms. The van der Waals surface area contributed by atoms with Gasteiger partial charge in [0.05, 0.1) is 0 Å². The molecular formula is C13H20BO2. The highest BCUT2D eigenvalue weighted by Gasteiger charge is 2.21. The molecule has 0 unspecified atom stereocenters. The van der Waals surface area contributed by atoms with E-state index < -0.39 is 5.97 Å². The Kier molecular flexibility index (Phi) is 5.37. The summed E-state index contributed by atoms with van der Waals surface area (Å²) in [5.74, 6) is 1.21. The van der Waals surface area contributed by atoms with Crippen molar-refractivity contribution < 1.29 is 9.90 Å². The maximum absolute atomic E-state index is 11.1. The number of carboxylic acid groups (broad SMARTS) is 1. The molecule has 0 aromatic heterocycles. The summed E-state index contributed by atoms with van der Waals surface area (Å²) < 4.78 is 0. The van der Waals surface area contributed by atoms with Gasteiger partial charge in [-0.15, -0.1) is 5.98 Å². The third-order valence-corrected chi connectivity index (χ3v) is 2.97. The van der Waals surface area contributed by atoms with Crippen LogP contribution in [0, 0.1) is 0 Å². The number of carboxylic acids is 1. The summed E-state index contributed by atoms with van der Waals surface area (Å²) in [7, 11) is 1.76. The zero-order valence-corrected chi connectivity index (χ0v) is 10.3. The number of hydrogen-bond donors (Lipinski definition) is 1. The Morgan fingerprint density at radius 3 is 2.44 bits per heavy atom. The number of unbranched alkanes of at least 4 members (excludes halogenated alkanes) is 2. The number of hydrogen-bond acceptors (Lipinski definition) is 1. The van der Waals surface area contributed by atoms with Gasteiger partial charge in [0.1, 0.15) is 0 Å². The van der Waals surface area contributed by atoms with Crippen LogP contribution >= 0.6 is 0 Å². The van der Waals surface area contributed by atoms with Gasteiger partial charge >= 0.3 is 5.97 Å². The third kappa shape index (κ3) is 3.26. The molecule has 1 aliphatic heterocycles. The minimum atomic E-state index is -0.783. The first-order valence-electron chi connectivity index (χ1n) is 6.21. The quantitative estimate of drug-likeness (QED) is 0.667. The largest absolute Gasteiger partial charge is 0.478 e. The molecule has 87 valence electrons. The van der Waals surface area contributed by atoms with Crippen LogP contribution in [0.1, 0.15) is 52.4 Å². The van der Waals surface area contributed by atoms with Crippen molar-refractivity contribution in [3.63, 3.8) is 0 Å². The second kappa shape index (κ2) is 6.57. The van der Waals surface area contributed by atoms with Crippen molar-refractivity contribution in [3.8, 4) is 0 Å². The summed E-state index contributed by atoms with van der Waals surface area (Å²) in [5, 5.41) is 9.10.